The molecule has 1 rings (SSSR count). The Hall–Kier alpha value is -1.10. The third-order valence-electron chi connectivity index (χ3n) is 2.75. The maximum atomic E-state index is 11.9. The third kappa shape index (κ3) is 3.48. The smallest absolute Gasteiger partial charge is 0.309 e. The number of amides is 1. The van der Waals surface area contributed by atoms with Crippen molar-refractivity contribution < 1.29 is 19.4 Å². The van der Waals surface area contributed by atoms with Crippen LogP contribution in [0.2, 0.25) is 0 Å². The van der Waals surface area contributed by atoms with Crippen LogP contribution >= 0.6 is 0 Å². The molecule has 1 heterocycles. The normalized spacial score (nSPS) is 18.0. The quantitative estimate of drug-likeness (QED) is 0.775. The molecule has 1 saturated heterocycles. The van der Waals surface area contributed by atoms with E-state index in [9.17, 15) is 9.59 Å². The molecule has 1 amide bonds. The highest BCUT2D eigenvalue weighted by Gasteiger charge is 2.32. The molecule has 1 N–H and O–H groups in total. The summed E-state index contributed by atoms with van der Waals surface area (Å²) >= 11 is 0. The fourth-order valence-corrected chi connectivity index (χ4v) is 1.56. The zero-order chi connectivity index (χ0) is 12.2. The second-order valence-electron chi connectivity index (χ2n) is 4.71. The van der Waals surface area contributed by atoms with Crippen LogP contribution in [0.25, 0.3) is 0 Å². The Kier molecular flexibility index (Phi) is 4.29. The summed E-state index contributed by atoms with van der Waals surface area (Å²) in [4.78, 5) is 24.5. The van der Waals surface area contributed by atoms with Crippen molar-refractivity contribution in [1.82, 2.24) is 4.90 Å². The Balaban J connectivity index is 2.53. The van der Waals surface area contributed by atoms with Crippen molar-refractivity contribution in [3.8, 4) is 0 Å². The molecule has 0 aliphatic carbocycles. The van der Waals surface area contributed by atoms with E-state index in [1.807, 2.05) is 0 Å². The van der Waals surface area contributed by atoms with Gasteiger partial charge < -0.3 is 14.7 Å². The summed E-state index contributed by atoms with van der Waals surface area (Å²) in [6.07, 6.45) is 0.863. The number of nitrogens with zero attached hydrogens (tertiary/aromatic N) is 1. The molecule has 1 fully saturated rings. The average molecular weight is 229 g/mol. The minimum Gasteiger partial charge on any atom is -0.481 e. The zero-order valence-electron chi connectivity index (χ0n) is 9.86. The molecule has 0 aromatic carbocycles. The molecule has 0 aromatic heterocycles. The molecule has 16 heavy (non-hydrogen) atoms. The molecule has 0 aromatic rings. The first kappa shape index (κ1) is 13.0. The summed E-state index contributed by atoms with van der Waals surface area (Å²) in [5.74, 6) is -1.04. The topological polar surface area (TPSA) is 66.8 Å². The summed E-state index contributed by atoms with van der Waals surface area (Å²) in [5.41, 5.74) is -0.996. The number of carbonyl (C=O) groups is 2. The van der Waals surface area contributed by atoms with E-state index >= 15 is 0 Å². The van der Waals surface area contributed by atoms with Gasteiger partial charge in [0.2, 0.25) is 5.91 Å². The second-order valence-corrected chi connectivity index (χ2v) is 4.71. The third-order valence-corrected chi connectivity index (χ3v) is 2.75. The molecule has 5 nitrogen and oxygen atoms in total. The zero-order valence-corrected chi connectivity index (χ0v) is 9.86. The van der Waals surface area contributed by atoms with Crippen molar-refractivity contribution in [2.45, 2.75) is 26.7 Å². The lowest BCUT2D eigenvalue weighted by Gasteiger charge is -2.24. The highest BCUT2D eigenvalue weighted by atomic mass is 16.5. The number of carboxylic acids is 1. The van der Waals surface area contributed by atoms with Crippen molar-refractivity contribution >= 4 is 11.9 Å². The van der Waals surface area contributed by atoms with Gasteiger partial charge in [0.15, 0.2) is 0 Å². The van der Waals surface area contributed by atoms with Gasteiger partial charge in [-0.2, -0.15) is 0 Å². The summed E-state index contributed by atoms with van der Waals surface area (Å²) in [6, 6.07) is 0. The van der Waals surface area contributed by atoms with Gasteiger partial charge in [0, 0.05) is 26.1 Å². The van der Waals surface area contributed by atoms with E-state index in [1.54, 1.807) is 18.7 Å². The molecule has 0 saturated carbocycles. The highest BCUT2D eigenvalue weighted by molar-refractivity contribution is 5.84. The molecule has 0 spiro atoms. The van der Waals surface area contributed by atoms with Crippen molar-refractivity contribution in [2.24, 2.45) is 5.41 Å². The van der Waals surface area contributed by atoms with Crippen LogP contribution in [-0.4, -0.2) is 48.2 Å². The Morgan fingerprint density at radius 2 is 2.00 bits per heavy atom. The largest absolute Gasteiger partial charge is 0.481 e. The maximum absolute atomic E-state index is 11.9. The van der Waals surface area contributed by atoms with E-state index in [4.69, 9.17) is 9.84 Å². The van der Waals surface area contributed by atoms with E-state index in [0.717, 1.165) is 6.42 Å². The number of aliphatic carboxylic acids is 1. The van der Waals surface area contributed by atoms with E-state index < -0.39 is 11.4 Å². The van der Waals surface area contributed by atoms with Crippen LogP contribution in [0.1, 0.15) is 26.7 Å². The maximum Gasteiger partial charge on any atom is 0.309 e. The van der Waals surface area contributed by atoms with Crippen molar-refractivity contribution in [2.75, 3.05) is 26.3 Å². The van der Waals surface area contributed by atoms with Crippen LogP contribution in [0.4, 0.5) is 0 Å². The lowest BCUT2D eigenvalue weighted by Crippen LogP contribution is -2.38. The van der Waals surface area contributed by atoms with Crippen LogP contribution in [0.3, 0.4) is 0 Å². The summed E-state index contributed by atoms with van der Waals surface area (Å²) in [7, 11) is 0. The molecule has 92 valence electrons. The fourth-order valence-electron chi connectivity index (χ4n) is 1.56. The monoisotopic (exact) mass is 229 g/mol. The molecule has 1 aliphatic rings. The highest BCUT2D eigenvalue weighted by Crippen LogP contribution is 2.22. The predicted octanol–water partition coefficient (Wildman–Crippen LogP) is 0.736. The van der Waals surface area contributed by atoms with Gasteiger partial charge in [-0.25, -0.2) is 0 Å². The number of rotatable bonds is 3. The van der Waals surface area contributed by atoms with Crippen molar-refractivity contribution in [3.05, 3.63) is 0 Å². The Bertz CT molecular complexity index is 267. The first-order chi connectivity index (χ1) is 7.43. The molecule has 0 bridgehead atoms. The van der Waals surface area contributed by atoms with Gasteiger partial charge in [-0.3, -0.25) is 9.59 Å². The minimum atomic E-state index is -0.996. The lowest BCUT2D eigenvalue weighted by atomic mass is 9.89. The molecular formula is C11H19NO4. The number of ether oxygens (including phenoxy) is 1. The summed E-state index contributed by atoms with van der Waals surface area (Å²) < 4.78 is 5.24. The minimum absolute atomic E-state index is 0.0440. The molecule has 5 heteroatoms. The first-order valence-corrected chi connectivity index (χ1v) is 5.52. The Morgan fingerprint density at radius 3 is 2.62 bits per heavy atom. The number of carboxylic acid groups (broad SMARTS) is 1. The van der Waals surface area contributed by atoms with Crippen molar-refractivity contribution in [3.63, 3.8) is 0 Å². The van der Waals surface area contributed by atoms with E-state index in [2.05, 4.69) is 0 Å². The van der Waals surface area contributed by atoms with Gasteiger partial charge in [0.1, 0.15) is 0 Å². The van der Waals surface area contributed by atoms with Gasteiger partial charge in [0.05, 0.1) is 12.0 Å². The molecule has 0 atom stereocenters. The van der Waals surface area contributed by atoms with Gasteiger partial charge >= 0.3 is 5.97 Å². The Labute approximate surface area is 95.4 Å². The van der Waals surface area contributed by atoms with E-state index in [0.29, 0.717) is 26.3 Å². The van der Waals surface area contributed by atoms with Crippen molar-refractivity contribution in [1.29, 1.82) is 0 Å². The molecule has 0 radical (unpaired) electrons. The number of hydrogen-bond acceptors (Lipinski definition) is 3. The SMILES string of the molecule is CC(C)(CC(=O)N1CCCOCC1)C(=O)O. The van der Waals surface area contributed by atoms with Crippen LogP contribution in [0.5, 0.6) is 0 Å². The predicted molar refractivity (Wildman–Crippen MR) is 58.0 cm³/mol. The van der Waals surface area contributed by atoms with Gasteiger partial charge in [-0.15, -0.1) is 0 Å². The van der Waals surface area contributed by atoms with Crippen LogP contribution in [0.15, 0.2) is 0 Å². The van der Waals surface area contributed by atoms with Gasteiger partial charge in [-0.1, -0.05) is 0 Å². The lowest BCUT2D eigenvalue weighted by molar-refractivity contribution is -0.151. The van der Waals surface area contributed by atoms with Gasteiger partial charge in [0.25, 0.3) is 0 Å². The standard InChI is InChI=1S/C11H19NO4/c1-11(2,10(14)15)8-9(13)12-4-3-6-16-7-5-12/h3-8H2,1-2H3,(H,14,15). The molecular weight excluding hydrogens is 210 g/mol. The van der Waals surface area contributed by atoms with Crippen LogP contribution < -0.4 is 0 Å². The van der Waals surface area contributed by atoms with Crippen LogP contribution in [0, 0.1) is 5.41 Å². The molecule has 1 aliphatic heterocycles. The van der Waals surface area contributed by atoms with E-state index in [-0.39, 0.29) is 12.3 Å². The number of hydrogen-bond donors (Lipinski definition) is 1. The second kappa shape index (κ2) is 5.30. The van der Waals surface area contributed by atoms with E-state index in [1.165, 1.54) is 0 Å². The van der Waals surface area contributed by atoms with Gasteiger partial charge in [-0.05, 0) is 20.3 Å². The summed E-state index contributed by atoms with van der Waals surface area (Å²) in [6.45, 7) is 5.58. The summed E-state index contributed by atoms with van der Waals surface area (Å²) in [5, 5.41) is 8.95. The molecule has 0 unspecified atom stereocenters. The number of carbonyl (C=O) groups excluding carboxylic acids is 1. The fraction of sp³-hybridized carbons (Fsp3) is 0.818. The first-order valence-electron chi connectivity index (χ1n) is 5.52. The van der Waals surface area contributed by atoms with Crippen LogP contribution in [-0.2, 0) is 14.3 Å². The average Bonchev–Trinajstić information content (AvgIpc) is 2.44. The Morgan fingerprint density at radius 1 is 1.31 bits per heavy atom.